The Balaban J connectivity index is 1.38. The van der Waals surface area contributed by atoms with Crippen LogP contribution < -0.4 is 14.8 Å². The fraction of sp³-hybridized carbons (Fsp3) is 0.391. The van der Waals surface area contributed by atoms with Crippen molar-refractivity contribution in [3.05, 3.63) is 58.6 Å². The summed E-state index contributed by atoms with van der Waals surface area (Å²) < 4.78 is 11.7. The Morgan fingerprint density at radius 3 is 2.57 bits per heavy atom. The van der Waals surface area contributed by atoms with Crippen molar-refractivity contribution in [1.82, 2.24) is 10.2 Å². The van der Waals surface area contributed by atoms with E-state index in [1.54, 1.807) is 24.3 Å². The second-order valence-corrected chi connectivity index (χ2v) is 8.00. The van der Waals surface area contributed by atoms with Crippen molar-refractivity contribution in [2.45, 2.75) is 38.3 Å². The molecule has 0 bridgehead atoms. The maximum Gasteiger partial charge on any atom is 0.267 e. The number of halogens is 1. The summed E-state index contributed by atoms with van der Waals surface area (Å²) in [5.74, 6) is 0.700. The molecule has 7 heteroatoms. The lowest BCUT2D eigenvalue weighted by Crippen LogP contribution is -2.46. The second kappa shape index (κ2) is 9.39. The summed E-state index contributed by atoms with van der Waals surface area (Å²) in [6.07, 6.45) is 3.74. The van der Waals surface area contributed by atoms with Crippen LogP contribution in [0.2, 0.25) is 5.02 Å². The summed E-state index contributed by atoms with van der Waals surface area (Å²) >= 11 is 6.13. The first-order valence-corrected chi connectivity index (χ1v) is 10.7. The summed E-state index contributed by atoms with van der Waals surface area (Å²) in [6, 6.07) is 12.4. The van der Waals surface area contributed by atoms with E-state index in [9.17, 15) is 9.59 Å². The van der Waals surface area contributed by atoms with Crippen LogP contribution >= 0.6 is 11.6 Å². The van der Waals surface area contributed by atoms with Gasteiger partial charge in [-0.2, -0.15) is 0 Å². The van der Waals surface area contributed by atoms with Gasteiger partial charge in [0.15, 0.2) is 11.5 Å². The highest BCUT2D eigenvalue weighted by Gasteiger charge is 2.31. The maximum atomic E-state index is 12.8. The van der Waals surface area contributed by atoms with Crippen LogP contribution in [0.15, 0.2) is 42.5 Å². The van der Waals surface area contributed by atoms with E-state index in [1.807, 2.05) is 23.1 Å². The highest BCUT2D eigenvalue weighted by atomic mass is 35.5. The monoisotopic (exact) mass is 428 g/mol. The Bertz CT molecular complexity index is 925. The zero-order chi connectivity index (χ0) is 20.9. The van der Waals surface area contributed by atoms with Gasteiger partial charge in [-0.1, -0.05) is 42.6 Å². The zero-order valence-electron chi connectivity index (χ0n) is 16.7. The van der Waals surface area contributed by atoms with E-state index in [0.29, 0.717) is 28.6 Å². The minimum atomic E-state index is -0.643. The highest BCUT2D eigenvalue weighted by Crippen LogP contribution is 2.33. The Morgan fingerprint density at radius 1 is 1.03 bits per heavy atom. The second-order valence-electron chi connectivity index (χ2n) is 7.59. The topological polar surface area (TPSA) is 67.9 Å². The smallest absolute Gasteiger partial charge is 0.267 e. The van der Waals surface area contributed by atoms with Crippen molar-refractivity contribution in [2.75, 3.05) is 19.7 Å². The molecule has 0 radical (unpaired) electrons. The lowest BCUT2D eigenvalue weighted by Gasteiger charge is -2.30. The number of carbonyl (C=O) groups excluding carboxylic acids is 2. The van der Waals surface area contributed by atoms with Gasteiger partial charge in [0.05, 0.1) is 0 Å². The van der Waals surface area contributed by atoms with Crippen molar-refractivity contribution in [1.29, 1.82) is 0 Å². The number of amides is 2. The van der Waals surface area contributed by atoms with Crippen molar-refractivity contribution in [3.8, 4) is 11.5 Å². The number of hydrogen-bond acceptors (Lipinski definition) is 4. The summed E-state index contributed by atoms with van der Waals surface area (Å²) in [6.45, 7) is 2.03. The summed E-state index contributed by atoms with van der Waals surface area (Å²) in [5.41, 5.74) is 1.31. The third-order valence-corrected chi connectivity index (χ3v) is 5.82. The standard InChI is InChI=1S/C23H25ClN2O4/c24-18-8-4-3-7-17(18)14-25-22(27)16-9-10-19-20(13-16)29-15-21(30-19)23(28)26-11-5-1-2-6-12-26/h3-4,7-10,13,21H,1-2,5-6,11-12,14-15H2,(H,25,27). The van der Waals surface area contributed by atoms with Gasteiger partial charge in [-0.05, 0) is 42.7 Å². The number of benzene rings is 2. The van der Waals surface area contributed by atoms with Gasteiger partial charge in [-0.15, -0.1) is 0 Å². The molecule has 30 heavy (non-hydrogen) atoms. The van der Waals surface area contributed by atoms with Crippen LogP contribution in [-0.2, 0) is 11.3 Å². The molecule has 2 aliphatic rings. The van der Waals surface area contributed by atoms with E-state index in [-0.39, 0.29) is 18.4 Å². The first-order chi connectivity index (χ1) is 14.6. The van der Waals surface area contributed by atoms with Crippen LogP contribution in [0.3, 0.4) is 0 Å². The lowest BCUT2D eigenvalue weighted by molar-refractivity contribution is -0.141. The predicted molar refractivity (Wildman–Crippen MR) is 114 cm³/mol. The average Bonchev–Trinajstić information content (AvgIpc) is 3.07. The van der Waals surface area contributed by atoms with E-state index in [2.05, 4.69) is 5.32 Å². The first kappa shape index (κ1) is 20.5. The first-order valence-electron chi connectivity index (χ1n) is 10.4. The van der Waals surface area contributed by atoms with Crippen LogP contribution in [-0.4, -0.2) is 42.5 Å². The maximum absolute atomic E-state index is 12.8. The molecule has 0 spiro atoms. The molecule has 158 valence electrons. The summed E-state index contributed by atoms with van der Waals surface area (Å²) in [5, 5.41) is 3.47. The van der Waals surface area contributed by atoms with Gasteiger partial charge in [0, 0.05) is 30.2 Å². The Morgan fingerprint density at radius 2 is 1.80 bits per heavy atom. The Labute approximate surface area is 181 Å². The third-order valence-electron chi connectivity index (χ3n) is 5.46. The molecule has 2 amide bonds. The summed E-state index contributed by atoms with van der Waals surface area (Å²) in [7, 11) is 0. The van der Waals surface area contributed by atoms with Crippen LogP contribution in [0.5, 0.6) is 11.5 Å². The van der Waals surface area contributed by atoms with Crippen molar-refractivity contribution in [2.24, 2.45) is 0 Å². The largest absolute Gasteiger partial charge is 0.485 e. The number of hydrogen-bond donors (Lipinski definition) is 1. The molecule has 4 rings (SSSR count). The van der Waals surface area contributed by atoms with Gasteiger partial charge in [-0.25, -0.2) is 0 Å². The molecule has 1 atom stereocenters. The number of rotatable bonds is 4. The number of nitrogens with zero attached hydrogens (tertiary/aromatic N) is 1. The van der Waals surface area contributed by atoms with Crippen LogP contribution in [0.1, 0.15) is 41.6 Å². The van der Waals surface area contributed by atoms with Gasteiger partial charge in [0.2, 0.25) is 6.10 Å². The lowest BCUT2D eigenvalue weighted by atomic mass is 10.1. The van der Waals surface area contributed by atoms with Crippen molar-refractivity contribution in [3.63, 3.8) is 0 Å². The van der Waals surface area contributed by atoms with Gasteiger partial charge < -0.3 is 19.7 Å². The van der Waals surface area contributed by atoms with Gasteiger partial charge >= 0.3 is 0 Å². The third kappa shape index (κ3) is 4.70. The molecule has 1 N–H and O–H groups in total. The molecule has 6 nitrogen and oxygen atoms in total. The van der Waals surface area contributed by atoms with E-state index >= 15 is 0 Å². The SMILES string of the molecule is O=C(NCc1ccccc1Cl)c1ccc2c(c1)OCC(C(=O)N1CCCCCC1)O2. The van der Waals surface area contributed by atoms with Gasteiger partial charge in [0.25, 0.3) is 11.8 Å². The predicted octanol–water partition coefficient (Wildman–Crippen LogP) is 3.81. The zero-order valence-corrected chi connectivity index (χ0v) is 17.5. The highest BCUT2D eigenvalue weighted by molar-refractivity contribution is 6.31. The molecule has 1 saturated heterocycles. The van der Waals surface area contributed by atoms with Crippen LogP contribution in [0, 0.1) is 0 Å². The quantitative estimate of drug-likeness (QED) is 0.804. The van der Waals surface area contributed by atoms with Gasteiger partial charge in [-0.3, -0.25) is 9.59 Å². The van der Waals surface area contributed by atoms with Crippen LogP contribution in [0.25, 0.3) is 0 Å². The van der Waals surface area contributed by atoms with E-state index in [1.165, 1.54) is 0 Å². The average molecular weight is 429 g/mol. The molecule has 0 aromatic heterocycles. The molecular weight excluding hydrogens is 404 g/mol. The van der Waals surface area contributed by atoms with Gasteiger partial charge in [0.1, 0.15) is 6.61 Å². The van der Waals surface area contributed by atoms with E-state index < -0.39 is 6.10 Å². The molecule has 0 saturated carbocycles. The molecule has 0 aliphatic carbocycles. The van der Waals surface area contributed by atoms with Crippen molar-refractivity contribution < 1.29 is 19.1 Å². The fourth-order valence-corrected chi connectivity index (χ4v) is 3.95. The van der Waals surface area contributed by atoms with Crippen molar-refractivity contribution >= 4 is 23.4 Å². The molecule has 2 aliphatic heterocycles. The Hall–Kier alpha value is -2.73. The number of carbonyl (C=O) groups is 2. The van der Waals surface area contributed by atoms with Crippen LogP contribution in [0.4, 0.5) is 0 Å². The summed E-state index contributed by atoms with van der Waals surface area (Å²) in [4.78, 5) is 27.2. The fourth-order valence-electron chi connectivity index (χ4n) is 3.75. The molecule has 2 heterocycles. The minimum Gasteiger partial charge on any atom is -0.485 e. The van der Waals surface area contributed by atoms with E-state index in [0.717, 1.165) is 44.3 Å². The number of ether oxygens (including phenoxy) is 2. The number of nitrogens with one attached hydrogen (secondary N) is 1. The molecule has 1 fully saturated rings. The molecular formula is C23H25ClN2O4. The Kier molecular flexibility index (Phi) is 6.43. The minimum absolute atomic E-state index is 0.0240. The molecule has 2 aromatic rings. The molecule has 2 aromatic carbocycles. The normalized spacial score (nSPS) is 18.4. The number of likely N-dealkylation sites (tertiary alicyclic amines) is 1. The molecule has 1 unspecified atom stereocenters. The number of fused-ring (bicyclic) bond motifs is 1. The van der Waals surface area contributed by atoms with E-state index in [4.69, 9.17) is 21.1 Å².